The lowest BCUT2D eigenvalue weighted by molar-refractivity contribution is 0.0714. The molecule has 2 aromatic rings. The summed E-state index contributed by atoms with van der Waals surface area (Å²) in [7, 11) is -3.62. The van der Waals surface area contributed by atoms with Crippen LogP contribution >= 0.6 is 7.82 Å². The van der Waals surface area contributed by atoms with Crippen LogP contribution in [-0.4, -0.2) is 19.3 Å². The third-order valence-corrected chi connectivity index (χ3v) is 5.12. The van der Waals surface area contributed by atoms with Crippen LogP contribution in [0.4, 0.5) is 0 Å². The van der Waals surface area contributed by atoms with Crippen LogP contribution in [0.1, 0.15) is 16.7 Å². The number of rotatable bonds is 7. The highest BCUT2D eigenvalue weighted by atomic mass is 31.2. The second kappa shape index (κ2) is 8.72. The Bertz CT molecular complexity index is 693. The molecule has 1 aliphatic rings. The first kappa shape index (κ1) is 18.3. The van der Waals surface area contributed by atoms with Crippen molar-refractivity contribution in [3.05, 3.63) is 71.3 Å². The minimum atomic E-state index is -3.62. The van der Waals surface area contributed by atoms with Crippen molar-refractivity contribution in [3.63, 3.8) is 0 Å². The molecular formula is C18H22NO5P. The molecule has 3 rings (SSSR count). The van der Waals surface area contributed by atoms with E-state index in [-0.39, 0.29) is 26.4 Å². The predicted octanol–water partition coefficient (Wildman–Crippen LogP) is 3.40. The third kappa shape index (κ3) is 5.47. The van der Waals surface area contributed by atoms with Crippen LogP contribution in [0.3, 0.4) is 0 Å². The van der Waals surface area contributed by atoms with E-state index in [0.717, 1.165) is 16.7 Å². The Kier molecular flexibility index (Phi) is 6.37. The summed E-state index contributed by atoms with van der Waals surface area (Å²) in [6.07, 6.45) is 0. The van der Waals surface area contributed by atoms with E-state index in [2.05, 4.69) is 0 Å². The maximum absolute atomic E-state index is 12.6. The molecule has 1 heterocycles. The lowest BCUT2D eigenvalue weighted by Crippen LogP contribution is -2.31. The predicted molar refractivity (Wildman–Crippen MR) is 93.7 cm³/mol. The molecule has 2 aromatic carbocycles. The van der Waals surface area contributed by atoms with Gasteiger partial charge >= 0.3 is 7.82 Å². The van der Waals surface area contributed by atoms with Gasteiger partial charge in [0.2, 0.25) is 0 Å². The average Bonchev–Trinajstić information content (AvgIpc) is 2.81. The lowest BCUT2D eigenvalue weighted by atomic mass is 10.1. The number of phosphoric acid groups is 1. The Morgan fingerprint density at radius 3 is 2.20 bits per heavy atom. The van der Waals surface area contributed by atoms with Gasteiger partial charge in [0.05, 0.1) is 39.1 Å². The van der Waals surface area contributed by atoms with Gasteiger partial charge in [-0.15, -0.1) is 0 Å². The number of fused-ring (bicyclic) bond motifs is 1. The Hall–Kier alpha value is -1.53. The molecule has 0 bridgehead atoms. The number of hydrogen-bond donors (Lipinski definition) is 1. The van der Waals surface area contributed by atoms with Crippen molar-refractivity contribution < 1.29 is 22.9 Å². The molecule has 1 atom stereocenters. The zero-order valence-corrected chi connectivity index (χ0v) is 14.8. The molecule has 1 aliphatic heterocycles. The first-order valence-corrected chi connectivity index (χ1v) is 9.58. The molecule has 7 heteroatoms. The van der Waals surface area contributed by atoms with Gasteiger partial charge in [-0.2, -0.15) is 0 Å². The van der Waals surface area contributed by atoms with Crippen molar-refractivity contribution in [1.82, 2.24) is 0 Å². The second-order valence-corrected chi connectivity index (χ2v) is 7.49. The molecule has 134 valence electrons. The van der Waals surface area contributed by atoms with Gasteiger partial charge < -0.3 is 10.5 Å². The van der Waals surface area contributed by atoms with E-state index in [1.54, 1.807) is 0 Å². The van der Waals surface area contributed by atoms with Crippen molar-refractivity contribution in [2.24, 2.45) is 5.73 Å². The minimum Gasteiger partial charge on any atom is -0.375 e. The summed E-state index contributed by atoms with van der Waals surface area (Å²) in [5, 5.41) is 0. The molecule has 0 spiro atoms. The molecule has 0 fully saturated rings. The molecule has 0 radical (unpaired) electrons. The fraction of sp³-hybridized carbons (Fsp3) is 0.333. The fourth-order valence-corrected chi connectivity index (χ4v) is 3.58. The van der Waals surface area contributed by atoms with Crippen molar-refractivity contribution in [2.75, 3.05) is 13.2 Å². The summed E-state index contributed by atoms with van der Waals surface area (Å²) < 4.78 is 34.2. The molecule has 25 heavy (non-hydrogen) atoms. The molecule has 0 aromatic heterocycles. The molecule has 2 N–H and O–H groups in total. The van der Waals surface area contributed by atoms with Gasteiger partial charge in [-0.25, -0.2) is 4.57 Å². The first-order valence-electron chi connectivity index (χ1n) is 8.12. The Morgan fingerprint density at radius 2 is 1.56 bits per heavy atom. The lowest BCUT2D eigenvalue weighted by Gasteiger charge is -2.18. The summed E-state index contributed by atoms with van der Waals surface area (Å²) in [6, 6.07) is 17.0. The summed E-state index contributed by atoms with van der Waals surface area (Å²) in [5.74, 6) is 0. The van der Waals surface area contributed by atoms with Gasteiger partial charge in [-0.05, 0) is 16.7 Å². The summed E-state index contributed by atoms with van der Waals surface area (Å²) in [4.78, 5) is 0. The largest absolute Gasteiger partial charge is 0.475 e. The van der Waals surface area contributed by atoms with Crippen LogP contribution in [-0.2, 0) is 42.7 Å². The van der Waals surface area contributed by atoms with Gasteiger partial charge in [0, 0.05) is 0 Å². The molecule has 6 nitrogen and oxygen atoms in total. The molecule has 0 unspecified atom stereocenters. The van der Waals surface area contributed by atoms with Crippen LogP contribution in [0.2, 0.25) is 0 Å². The summed E-state index contributed by atoms with van der Waals surface area (Å²) >= 11 is 0. The average molecular weight is 363 g/mol. The van der Waals surface area contributed by atoms with Crippen molar-refractivity contribution in [2.45, 2.75) is 25.9 Å². The molecular weight excluding hydrogens is 341 g/mol. The SMILES string of the molecule is N[C@H](COCc1ccccc1)COP1(=O)OCc2ccccc2CO1. The van der Waals surface area contributed by atoms with Crippen molar-refractivity contribution >= 4 is 7.82 Å². The summed E-state index contributed by atoms with van der Waals surface area (Å²) in [5.41, 5.74) is 8.91. The second-order valence-electron chi connectivity index (χ2n) is 5.82. The van der Waals surface area contributed by atoms with Gasteiger partial charge in [0.15, 0.2) is 0 Å². The maximum atomic E-state index is 12.6. The number of phosphoric ester groups is 1. The van der Waals surface area contributed by atoms with Crippen molar-refractivity contribution in [1.29, 1.82) is 0 Å². The van der Waals surface area contributed by atoms with Crippen LogP contribution in [0.25, 0.3) is 0 Å². The zero-order chi connectivity index (χ0) is 17.5. The highest BCUT2D eigenvalue weighted by Crippen LogP contribution is 2.52. The van der Waals surface area contributed by atoms with E-state index in [0.29, 0.717) is 6.61 Å². The highest BCUT2D eigenvalue weighted by Gasteiger charge is 2.30. The fourth-order valence-electron chi connectivity index (χ4n) is 2.39. The Balaban J connectivity index is 1.42. The first-order chi connectivity index (χ1) is 12.1. The molecule has 0 saturated carbocycles. The van der Waals surface area contributed by atoms with E-state index in [1.807, 2.05) is 54.6 Å². The summed E-state index contributed by atoms with van der Waals surface area (Å²) in [6.45, 7) is 1.16. The number of hydrogen-bond acceptors (Lipinski definition) is 6. The minimum absolute atomic E-state index is 0.0302. The van der Waals surface area contributed by atoms with Crippen LogP contribution in [0.15, 0.2) is 54.6 Å². The quantitative estimate of drug-likeness (QED) is 0.760. The topological polar surface area (TPSA) is 80.0 Å². The highest BCUT2D eigenvalue weighted by molar-refractivity contribution is 7.48. The Morgan fingerprint density at radius 1 is 0.960 bits per heavy atom. The van der Waals surface area contributed by atoms with Crippen LogP contribution in [0, 0.1) is 0 Å². The van der Waals surface area contributed by atoms with E-state index >= 15 is 0 Å². The van der Waals surface area contributed by atoms with Crippen LogP contribution < -0.4 is 5.73 Å². The van der Waals surface area contributed by atoms with Gasteiger partial charge in [-0.1, -0.05) is 54.6 Å². The van der Waals surface area contributed by atoms with Crippen molar-refractivity contribution in [3.8, 4) is 0 Å². The number of nitrogens with two attached hydrogens (primary N) is 1. The monoisotopic (exact) mass is 363 g/mol. The Labute approximate surface area is 147 Å². The van der Waals surface area contributed by atoms with Gasteiger partial charge in [0.1, 0.15) is 0 Å². The van der Waals surface area contributed by atoms with E-state index in [9.17, 15) is 4.57 Å². The van der Waals surface area contributed by atoms with Gasteiger partial charge in [0.25, 0.3) is 0 Å². The standard InChI is InChI=1S/C18H22NO5P/c19-18(13-21-10-15-6-2-1-3-7-15)14-24-25(20)22-11-16-8-4-5-9-17(16)12-23-25/h1-9,18H,10-14,19H2/t18-/m1/s1. The molecule has 0 aliphatic carbocycles. The van der Waals surface area contributed by atoms with E-state index in [1.165, 1.54) is 0 Å². The maximum Gasteiger partial charge on any atom is 0.475 e. The number of ether oxygens (including phenoxy) is 1. The smallest absolute Gasteiger partial charge is 0.375 e. The zero-order valence-electron chi connectivity index (χ0n) is 13.9. The van der Waals surface area contributed by atoms with E-state index < -0.39 is 13.9 Å². The number of benzene rings is 2. The van der Waals surface area contributed by atoms with Crippen LogP contribution in [0.5, 0.6) is 0 Å². The van der Waals surface area contributed by atoms with Gasteiger partial charge in [-0.3, -0.25) is 13.6 Å². The normalized spacial score (nSPS) is 17.5. The molecule has 0 amide bonds. The third-order valence-electron chi connectivity index (χ3n) is 3.76. The van der Waals surface area contributed by atoms with E-state index in [4.69, 9.17) is 24.0 Å². The molecule has 0 saturated heterocycles.